The molecule has 2 rings (SSSR count). The highest BCUT2D eigenvalue weighted by Gasteiger charge is 2.22. The van der Waals surface area contributed by atoms with Crippen LogP contribution in [0.15, 0.2) is 33.7 Å². The summed E-state index contributed by atoms with van der Waals surface area (Å²) in [5.41, 5.74) is 1.30. The van der Waals surface area contributed by atoms with Crippen molar-refractivity contribution >= 4 is 51.6 Å². The summed E-state index contributed by atoms with van der Waals surface area (Å²) < 4.78 is 1.12. The zero-order chi connectivity index (χ0) is 19.5. The molecule has 1 aromatic rings. The maximum Gasteiger partial charge on any atom is 0.191 e. The normalized spacial score (nSPS) is 17.9. The minimum atomic E-state index is 0. The first-order chi connectivity index (χ1) is 13.2. The van der Waals surface area contributed by atoms with Crippen molar-refractivity contribution in [3.8, 4) is 0 Å². The Kier molecular flexibility index (Phi) is 13.2. The van der Waals surface area contributed by atoms with Gasteiger partial charge in [-0.3, -0.25) is 4.99 Å². The Balaban J connectivity index is 0.00000392. The SMILES string of the molecule is CCCC(CCO)CN=C(NCC)NCC1CCN(c2ccc(Br)cc2)C1.I. The van der Waals surface area contributed by atoms with Crippen molar-refractivity contribution < 1.29 is 5.11 Å². The topological polar surface area (TPSA) is 59.9 Å². The zero-order valence-corrected chi connectivity index (χ0v) is 21.1. The van der Waals surface area contributed by atoms with Crippen LogP contribution in [0, 0.1) is 11.8 Å². The second-order valence-electron chi connectivity index (χ2n) is 7.34. The van der Waals surface area contributed by atoms with Crippen molar-refractivity contribution in [3.63, 3.8) is 0 Å². The van der Waals surface area contributed by atoms with Crippen LogP contribution >= 0.6 is 39.9 Å². The Labute approximate surface area is 195 Å². The Morgan fingerprint density at radius 1 is 1.25 bits per heavy atom. The molecule has 0 saturated carbocycles. The van der Waals surface area contributed by atoms with E-state index in [2.05, 4.69) is 69.6 Å². The van der Waals surface area contributed by atoms with Crippen molar-refractivity contribution in [2.75, 3.05) is 44.2 Å². The molecule has 28 heavy (non-hydrogen) atoms. The number of aliphatic hydroxyl groups excluding tert-OH is 1. The van der Waals surface area contributed by atoms with Gasteiger partial charge in [-0.05, 0) is 62.3 Å². The summed E-state index contributed by atoms with van der Waals surface area (Å²) >= 11 is 3.50. The van der Waals surface area contributed by atoms with E-state index < -0.39 is 0 Å². The lowest BCUT2D eigenvalue weighted by Gasteiger charge is -2.20. The third kappa shape index (κ3) is 8.86. The molecule has 2 atom stereocenters. The van der Waals surface area contributed by atoms with Gasteiger partial charge in [0.15, 0.2) is 5.96 Å². The summed E-state index contributed by atoms with van der Waals surface area (Å²) in [5, 5.41) is 16.1. The first kappa shape index (κ1) is 25.5. The van der Waals surface area contributed by atoms with Crippen LogP contribution in [0.2, 0.25) is 0 Å². The van der Waals surface area contributed by atoms with Crippen molar-refractivity contribution in [3.05, 3.63) is 28.7 Å². The predicted octanol–water partition coefficient (Wildman–Crippen LogP) is 4.25. The van der Waals surface area contributed by atoms with Crippen LogP contribution in [-0.2, 0) is 0 Å². The number of aliphatic hydroxyl groups is 1. The molecule has 1 aliphatic rings. The zero-order valence-electron chi connectivity index (χ0n) is 17.2. The maximum atomic E-state index is 9.23. The van der Waals surface area contributed by atoms with E-state index in [1.54, 1.807) is 0 Å². The summed E-state index contributed by atoms with van der Waals surface area (Å²) in [4.78, 5) is 7.22. The summed E-state index contributed by atoms with van der Waals surface area (Å²) in [5.74, 6) is 2.00. The minimum absolute atomic E-state index is 0. The number of nitrogens with one attached hydrogen (secondary N) is 2. The fourth-order valence-electron chi connectivity index (χ4n) is 3.61. The van der Waals surface area contributed by atoms with Gasteiger partial charge in [-0.15, -0.1) is 24.0 Å². The van der Waals surface area contributed by atoms with E-state index in [9.17, 15) is 5.11 Å². The number of aliphatic imine (C=N–C) groups is 1. The van der Waals surface area contributed by atoms with Crippen LogP contribution < -0.4 is 15.5 Å². The lowest BCUT2D eigenvalue weighted by molar-refractivity contribution is 0.253. The number of hydrogen-bond acceptors (Lipinski definition) is 3. The highest BCUT2D eigenvalue weighted by atomic mass is 127. The maximum absolute atomic E-state index is 9.23. The molecule has 3 N–H and O–H groups in total. The second kappa shape index (κ2) is 14.4. The standard InChI is InChI=1S/C21H35BrN4O.HI/c1-3-5-17(11-13-27)14-24-21(23-4-2)25-15-18-10-12-26(16-18)20-8-6-19(22)7-9-20;/h6-9,17-18,27H,3-5,10-16H2,1-2H3,(H2,23,24,25);1H. The van der Waals surface area contributed by atoms with Gasteiger partial charge in [0.2, 0.25) is 0 Å². The average Bonchev–Trinajstić information content (AvgIpc) is 3.14. The highest BCUT2D eigenvalue weighted by Crippen LogP contribution is 2.25. The van der Waals surface area contributed by atoms with Crippen LogP contribution in [0.1, 0.15) is 39.5 Å². The van der Waals surface area contributed by atoms with Gasteiger partial charge < -0.3 is 20.6 Å². The van der Waals surface area contributed by atoms with Gasteiger partial charge in [-0.25, -0.2) is 0 Å². The van der Waals surface area contributed by atoms with E-state index in [0.29, 0.717) is 11.8 Å². The lowest BCUT2D eigenvalue weighted by atomic mass is 10.0. The smallest absolute Gasteiger partial charge is 0.191 e. The molecule has 7 heteroatoms. The molecule has 1 aromatic carbocycles. The quantitative estimate of drug-likeness (QED) is 0.225. The van der Waals surface area contributed by atoms with Crippen LogP contribution in [0.5, 0.6) is 0 Å². The monoisotopic (exact) mass is 566 g/mol. The summed E-state index contributed by atoms with van der Waals surface area (Å²) in [6, 6.07) is 8.58. The van der Waals surface area contributed by atoms with Gasteiger partial charge >= 0.3 is 0 Å². The van der Waals surface area contributed by atoms with Gasteiger partial charge in [0.05, 0.1) is 0 Å². The number of rotatable bonds is 10. The average molecular weight is 567 g/mol. The van der Waals surface area contributed by atoms with Gasteiger partial charge in [-0.2, -0.15) is 0 Å². The number of guanidine groups is 1. The van der Waals surface area contributed by atoms with Gasteiger partial charge in [-0.1, -0.05) is 29.3 Å². The molecule has 0 aromatic heterocycles. The number of anilines is 1. The van der Waals surface area contributed by atoms with Gasteiger partial charge in [0.1, 0.15) is 0 Å². The molecule has 2 unspecified atom stereocenters. The van der Waals surface area contributed by atoms with Crippen LogP contribution in [0.25, 0.3) is 0 Å². The molecule has 1 saturated heterocycles. The molecule has 5 nitrogen and oxygen atoms in total. The van der Waals surface area contributed by atoms with E-state index in [4.69, 9.17) is 4.99 Å². The van der Waals surface area contributed by atoms with Gasteiger partial charge in [0.25, 0.3) is 0 Å². The molecule has 0 spiro atoms. The molecule has 0 amide bonds. The lowest BCUT2D eigenvalue weighted by Crippen LogP contribution is -2.40. The number of halogens is 2. The van der Waals surface area contributed by atoms with Crippen LogP contribution in [-0.4, -0.2) is 50.4 Å². The largest absolute Gasteiger partial charge is 0.396 e. The van der Waals surface area contributed by atoms with E-state index in [1.807, 2.05) is 0 Å². The third-order valence-corrected chi connectivity index (χ3v) is 5.65. The highest BCUT2D eigenvalue weighted by molar-refractivity contribution is 14.0. The van der Waals surface area contributed by atoms with E-state index in [0.717, 1.165) is 62.4 Å². The van der Waals surface area contributed by atoms with Crippen LogP contribution in [0.4, 0.5) is 5.69 Å². The van der Waals surface area contributed by atoms with Crippen molar-refractivity contribution in [2.45, 2.75) is 39.5 Å². The van der Waals surface area contributed by atoms with E-state index in [-0.39, 0.29) is 30.6 Å². The second-order valence-corrected chi connectivity index (χ2v) is 8.26. The Bertz CT molecular complexity index is 564. The van der Waals surface area contributed by atoms with E-state index in [1.165, 1.54) is 12.1 Å². The minimum Gasteiger partial charge on any atom is -0.396 e. The Morgan fingerprint density at radius 2 is 2.00 bits per heavy atom. The number of benzene rings is 1. The van der Waals surface area contributed by atoms with Crippen molar-refractivity contribution in [2.24, 2.45) is 16.8 Å². The molecule has 1 fully saturated rings. The van der Waals surface area contributed by atoms with Crippen molar-refractivity contribution in [1.29, 1.82) is 0 Å². The third-order valence-electron chi connectivity index (χ3n) is 5.12. The molecule has 1 heterocycles. The molecule has 160 valence electrons. The van der Waals surface area contributed by atoms with Crippen molar-refractivity contribution in [1.82, 2.24) is 10.6 Å². The Morgan fingerprint density at radius 3 is 2.64 bits per heavy atom. The number of hydrogen-bond donors (Lipinski definition) is 3. The molecule has 0 bridgehead atoms. The summed E-state index contributed by atoms with van der Waals surface area (Å²) in [6.45, 7) is 9.30. The fraction of sp³-hybridized carbons (Fsp3) is 0.667. The predicted molar refractivity (Wildman–Crippen MR) is 134 cm³/mol. The molecule has 0 aliphatic carbocycles. The van der Waals surface area contributed by atoms with E-state index >= 15 is 0 Å². The first-order valence-corrected chi connectivity index (χ1v) is 11.1. The molecule has 1 aliphatic heterocycles. The Hall–Kier alpha value is -0.540. The summed E-state index contributed by atoms with van der Waals surface area (Å²) in [7, 11) is 0. The first-order valence-electron chi connectivity index (χ1n) is 10.3. The van der Waals surface area contributed by atoms with Gasteiger partial charge in [0, 0.05) is 49.5 Å². The molecular formula is C21H36BrIN4O. The molecule has 0 radical (unpaired) electrons. The number of nitrogens with zero attached hydrogens (tertiary/aromatic N) is 2. The fourth-order valence-corrected chi connectivity index (χ4v) is 3.87. The summed E-state index contributed by atoms with van der Waals surface area (Å²) in [6.07, 6.45) is 4.29. The van der Waals surface area contributed by atoms with Crippen LogP contribution in [0.3, 0.4) is 0 Å². The molecular weight excluding hydrogens is 531 g/mol.